The van der Waals surface area contributed by atoms with Crippen LogP contribution in [0.2, 0.25) is 5.02 Å². The predicted octanol–water partition coefficient (Wildman–Crippen LogP) is 2.82. The molecule has 1 heterocycles. The van der Waals surface area contributed by atoms with Crippen LogP contribution in [0.3, 0.4) is 0 Å². The largest absolute Gasteiger partial charge is 0.458 e. The Morgan fingerprint density at radius 3 is 2.50 bits per heavy atom. The first kappa shape index (κ1) is 12.9. The minimum absolute atomic E-state index is 0.133. The summed E-state index contributed by atoms with van der Waals surface area (Å²) in [5.74, 6) is 0.215. The zero-order valence-corrected chi connectivity index (χ0v) is 10.6. The summed E-state index contributed by atoms with van der Waals surface area (Å²) in [5, 5.41) is 0.218. The quantitative estimate of drug-likeness (QED) is 0.765. The summed E-state index contributed by atoms with van der Waals surface area (Å²) in [5.41, 5.74) is 0.133. The van der Waals surface area contributed by atoms with Crippen molar-refractivity contribution in [2.75, 3.05) is 0 Å². The summed E-state index contributed by atoms with van der Waals surface area (Å²) < 4.78 is 5.04. The first-order valence-electron chi connectivity index (χ1n) is 5.15. The molecule has 1 aromatic rings. The maximum atomic E-state index is 11.7. The number of hydrogen-bond donors (Lipinski definition) is 0. The Kier molecular flexibility index (Phi) is 4.24. The predicted molar refractivity (Wildman–Crippen MR) is 61.7 cm³/mol. The first-order chi connectivity index (χ1) is 7.41. The molecule has 1 aromatic heterocycles. The van der Waals surface area contributed by atoms with Gasteiger partial charge in [0.25, 0.3) is 0 Å². The van der Waals surface area contributed by atoms with E-state index in [-0.39, 0.29) is 22.7 Å². The molecular formula is C11H15ClN2O2. The second-order valence-electron chi connectivity index (χ2n) is 4.03. The van der Waals surface area contributed by atoms with E-state index < -0.39 is 5.97 Å². The molecule has 0 fully saturated rings. The van der Waals surface area contributed by atoms with E-state index in [4.69, 9.17) is 16.3 Å². The number of ether oxygens (including phenoxy) is 1. The highest BCUT2D eigenvalue weighted by atomic mass is 35.5. The lowest BCUT2D eigenvalue weighted by Crippen LogP contribution is -2.15. The minimum Gasteiger partial charge on any atom is -0.458 e. The van der Waals surface area contributed by atoms with Crippen molar-refractivity contribution >= 4 is 17.6 Å². The molecule has 0 bridgehead atoms. The Balaban J connectivity index is 3.02. The van der Waals surface area contributed by atoms with E-state index in [2.05, 4.69) is 9.97 Å². The van der Waals surface area contributed by atoms with Crippen LogP contribution in [0.5, 0.6) is 0 Å². The smallest absolute Gasteiger partial charge is 0.358 e. The highest BCUT2D eigenvalue weighted by Crippen LogP contribution is 2.17. The number of hydrogen-bond acceptors (Lipinski definition) is 4. The molecule has 0 saturated carbocycles. The Morgan fingerprint density at radius 1 is 1.38 bits per heavy atom. The number of carbonyl (C=O) groups is 1. The maximum absolute atomic E-state index is 11.7. The fraction of sp³-hybridized carbons (Fsp3) is 0.545. The van der Waals surface area contributed by atoms with Crippen molar-refractivity contribution in [3.8, 4) is 0 Å². The van der Waals surface area contributed by atoms with Gasteiger partial charge in [0.1, 0.15) is 5.82 Å². The van der Waals surface area contributed by atoms with E-state index in [0.717, 1.165) is 0 Å². The third-order valence-electron chi connectivity index (χ3n) is 1.82. The van der Waals surface area contributed by atoms with Crippen molar-refractivity contribution in [2.45, 2.75) is 39.7 Å². The van der Waals surface area contributed by atoms with Crippen molar-refractivity contribution in [3.05, 3.63) is 22.7 Å². The molecule has 0 saturated heterocycles. The molecule has 16 heavy (non-hydrogen) atoms. The van der Waals surface area contributed by atoms with Gasteiger partial charge in [-0.3, -0.25) is 0 Å². The van der Waals surface area contributed by atoms with Crippen LogP contribution in [-0.2, 0) is 4.74 Å². The van der Waals surface area contributed by atoms with Gasteiger partial charge in [0, 0.05) is 5.92 Å². The lowest BCUT2D eigenvalue weighted by atomic mass is 10.2. The molecule has 0 aromatic carbocycles. The van der Waals surface area contributed by atoms with Crippen molar-refractivity contribution in [2.24, 2.45) is 0 Å². The molecule has 0 spiro atoms. The van der Waals surface area contributed by atoms with Crippen LogP contribution in [-0.4, -0.2) is 22.0 Å². The second-order valence-corrected chi connectivity index (χ2v) is 4.44. The number of esters is 1. The van der Waals surface area contributed by atoms with Gasteiger partial charge in [0.05, 0.1) is 17.3 Å². The van der Waals surface area contributed by atoms with Gasteiger partial charge in [-0.05, 0) is 13.8 Å². The number of aromatic nitrogens is 2. The Hall–Kier alpha value is -1.16. The third kappa shape index (κ3) is 3.17. The van der Waals surface area contributed by atoms with Crippen molar-refractivity contribution < 1.29 is 9.53 Å². The van der Waals surface area contributed by atoms with Crippen LogP contribution in [0.25, 0.3) is 0 Å². The third-order valence-corrected chi connectivity index (χ3v) is 2.09. The molecule has 1 rings (SSSR count). The molecule has 0 atom stereocenters. The first-order valence-corrected chi connectivity index (χ1v) is 5.53. The van der Waals surface area contributed by atoms with Gasteiger partial charge in [-0.2, -0.15) is 0 Å². The van der Waals surface area contributed by atoms with Gasteiger partial charge < -0.3 is 4.74 Å². The van der Waals surface area contributed by atoms with Crippen molar-refractivity contribution in [1.29, 1.82) is 0 Å². The highest BCUT2D eigenvalue weighted by Gasteiger charge is 2.17. The number of halogens is 1. The standard InChI is InChI=1S/C11H15ClN2O2/c1-6(2)10-13-5-8(12)9(14-10)11(15)16-7(3)4/h5-7H,1-4H3. The van der Waals surface area contributed by atoms with Crippen LogP contribution in [0.15, 0.2) is 6.20 Å². The topological polar surface area (TPSA) is 52.1 Å². The Labute approximate surface area is 100 Å². The van der Waals surface area contributed by atoms with E-state index in [1.807, 2.05) is 13.8 Å². The van der Waals surface area contributed by atoms with Crippen LogP contribution < -0.4 is 0 Å². The maximum Gasteiger partial charge on any atom is 0.358 e. The molecule has 0 aliphatic heterocycles. The van der Waals surface area contributed by atoms with Gasteiger partial charge in [0.15, 0.2) is 5.69 Å². The molecule has 0 radical (unpaired) electrons. The number of carbonyl (C=O) groups excluding carboxylic acids is 1. The van der Waals surface area contributed by atoms with Crippen LogP contribution in [0.4, 0.5) is 0 Å². The molecule has 5 heteroatoms. The van der Waals surface area contributed by atoms with E-state index >= 15 is 0 Å². The minimum atomic E-state index is -0.510. The highest BCUT2D eigenvalue weighted by molar-refractivity contribution is 6.33. The lowest BCUT2D eigenvalue weighted by molar-refractivity contribution is 0.0370. The van der Waals surface area contributed by atoms with E-state index in [1.54, 1.807) is 13.8 Å². The molecule has 0 unspecified atom stereocenters. The monoisotopic (exact) mass is 242 g/mol. The Bertz CT molecular complexity index is 392. The van der Waals surface area contributed by atoms with Crippen molar-refractivity contribution in [1.82, 2.24) is 9.97 Å². The summed E-state index contributed by atoms with van der Waals surface area (Å²) in [6.45, 7) is 7.44. The fourth-order valence-corrected chi connectivity index (χ4v) is 1.24. The van der Waals surface area contributed by atoms with Crippen LogP contribution in [0.1, 0.15) is 49.9 Å². The Morgan fingerprint density at radius 2 is 2.00 bits per heavy atom. The van der Waals surface area contributed by atoms with E-state index in [9.17, 15) is 4.79 Å². The van der Waals surface area contributed by atoms with E-state index in [0.29, 0.717) is 5.82 Å². The zero-order valence-electron chi connectivity index (χ0n) is 9.82. The normalized spacial score (nSPS) is 10.9. The molecular weight excluding hydrogens is 228 g/mol. The second kappa shape index (κ2) is 5.25. The molecule has 4 nitrogen and oxygen atoms in total. The summed E-state index contributed by atoms with van der Waals surface area (Å²) in [6.07, 6.45) is 1.24. The molecule has 0 aliphatic rings. The molecule has 0 amide bonds. The number of nitrogens with zero attached hydrogens (tertiary/aromatic N) is 2. The van der Waals surface area contributed by atoms with Gasteiger partial charge in [0.2, 0.25) is 0 Å². The summed E-state index contributed by atoms with van der Waals surface area (Å²) in [6, 6.07) is 0. The van der Waals surface area contributed by atoms with Gasteiger partial charge >= 0.3 is 5.97 Å². The summed E-state index contributed by atoms with van der Waals surface area (Å²) in [4.78, 5) is 19.8. The van der Waals surface area contributed by atoms with Crippen LogP contribution >= 0.6 is 11.6 Å². The average molecular weight is 243 g/mol. The van der Waals surface area contributed by atoms with E-state index in [1.165, 1.54) is 6.20 Å². The molecule has 88 valence electrons. The van der Waals surface area contributed by atoms with Gasteiger partial charge in [-0.15, -0.1) is 0 Å². The fourth-order valence-electron chi connectivity index (χ4n) is 1.07. The van der Waals surface area contributed by atoms with Crippen molar-refractivity contribution in [3.63, 3.8) is 0 Å². The zero-order chi connectivity index (χ0) is 12.3. The summed E-state index contributed by atoms with van der Waals surface area (Å²) in [7, 11) is 0. The number of rotatable bonds is 3. The summed E-state index contributed by atoms with van der Waals surface area (Å²) >= 11 is 5.85. The van der Waals surface area contributed by atoms with Crippen LogP contribution in [0, 0.1) is 0 Å². The molecule has 0 aliphatic carbocycles. The lowest BCUT2D eigenvalue weighted by Gasteiger charge is -2.10. The van der Waals surface area contributed by atoms with Gasteiger partial charge in [-0.25, -0.2) is 14.8 Å². The average Bonchev–Trinajstić information content (AvgIpc) is 2.16. The van der Waals surface area contributed by atoms with Gasteiger partial charge in [-0.1, -0.05) is 25.4 Å². The SMILES string of the molecule is CC(C)OC(=O)c1nc(C(C)C)ncc1Cl. The molecule has 0 N–H and O–H groups in total.